The van der Waals surface area contributed by atoms with Gasteiger partial charge >= 0.3 is 5.97 Å². The molecule has 3 N–H and O–H groups in total. The van der Waals surface area contributed by atoms with E-state index in [9.17, 15) is 9.59 Å². The number of carbonyl (C=O) groups excluding carboxylic acids is 2. The third-order valence-corrected chi connectivity index (χ3v) is 4.33. The number of aromatic nitrogens is 2. The lowest BCUT2D eigenvalue weighted by Crippen LogP contribution is -2.11. The predicted octanol–water partition coefficient (Wildman–Crippen LogP) is 3.75. The van der Waals surface area contributed by atoms with Crippen LogP contribution in [0.1, 0.15) is 23.0 Å². The highest BCUT2D eigenvalue weighted by Crippen LogP contribution is 2.32. The van der Waals surface area contributed by atoms with Gasteiger partial charge in [0.15, 0.2) is 0 Å². The van der Waals surface area contributed by atoms with Crippen molar-refractivity contribution in [1.29, 1.82) is 0 Å². The van der Waals surface area contributed by atoms with Gasteiger partial charge in [-0.25, -0.2) is 9.97 Å². The Morgan fingerprint density at radius 1 is 1.10 bits per heavy atom. The van der Waals surface area contributed by atoms with Crippen molar-refractivity contribution in [2.75, 3.05) is 11.9 Å². The minimum atomic E-state index is -0.523. The summed E-state index contributed by atoms with van der Waals surface area (Å²) >= 11 is 5.99. The molecule has 2 aromatic carbocycles. The molecule has 0 fully saturated rings. The molecule has 0 saturated heterocycles. The molecule has 148 valence electrons. The summed E-state index contributed by atoms with van der Waals surface area (Å²) in [5.41, 5.74) is 8.65. The second-order valence-corrected chi connectivity index (χ2v) is 6.57. The lowest BCUT2D eigenvalue weighted by atomic mass is 10.0. The lowest BCUT2D eigenvalue weighted by molar-refractivity contribution is -0.142. The van der Waals surface area contributed by atoms with Crippen molar-refractivity contribution in [3.63, 3.8) is 0 Å². The Hall–Kier alpha value is -3.45. The zero-order valence-corrected chi connectivity index (χ0v) is 16.4. The molecule has 29 heavy (non-hydrogen) atoms. The first-order chi connectivity index (χ1) is 14.0. The molecule has 0 radical (unpaired) electrons. The number of nitrogens with two attached hydrogens (primary N) is 1. The van der Waals surface area contributed by atoms with E-state index in [0.717, 1.165) is 11.1 Å². The largest absolute Gasteiger partial charge is 0.466 e. The number of halogens is 1. The Morgan fingerprint density at radius 3 is 2.55 bits per heavy atom. The van der Waals surface area contributed by atoms with Crippen molar-refractivity contribution in [2.24, 2.45) is 5.73 Å². The highest BCUT2D eigenvalue weighted by Gasteiger charge is 2.12. The summed E-state index contributed by atoms with van der Waals surface area (Å²) in [6.45, 7) is 2.06. The summed E-state index contributed by atoms with van der Waals surface area (Å²) in [4.78, 5) is 31.6. The molecule has 1 heterocycles. The van der Waals surface area contributed by atoms with Gasteiger partial charge in [-0.15, -0.1) is 0 Å². The lowest BCUT2D eigenvalue weighted by Gasteiger charge is -2.14. The summed E-state index contributed by atoms with van der Waals surface area (Å²) in [6.07, 6.45) is 1.42. The van der Waals surface area contributed by atoms with Crippen LogP contribution >= 0.6 is 11.6 Å². The minimum absolute atomic E-state index is 0.0513. The van der Waals surface area contributed by atoms with Crippen LogP contribution in [0.3, 0.4) is 0 Å². The SMILES string of the molecule is CCOC(=O)Cc1cc(Nc2ccc(C(N)=O)cc2-c2ccc(Cl)cc2)ncn1. The number of esters is 1. The number of ether oxygens (including phenoxy) is 1. The molecule has 0 bridgehead atoms. The molecule has 0 saturated carbocycles. The smallest absolute Gasteiger partial charge is 0.311 e. The van der Waals surface area contributed by atoms with Gasteiger partial charge in [0.1, 0.15) is 12.1 Å². The molecule has 3 rings (SSSR count). The topological polar surface area (TPSA) is 107 Å². The van der Waals surface area contributed by atoms with Crippen LogP contribution in [0, 0.1) is 0 Å². The fourth-order valence-electron chi connectivity index (χ4n) is 2.74. The second kappa shape index (κ2) is 9.16. The van der Waals surface area contributed by atoms with Crippen LogP contribution in [0.25, 0.3) is 11.1 Å². The van der Waals surface area contributed by atoms with Gasteiger partial charge in [0.2, 0.25) is 5.91 Å². The summed E-state index contributed by atoms with van der Waals surface area (Å²) in [7, 11) is 0. The Kier molecular flexibility index (Phi) is 6.41. The quantitative estimate of drug-likeness (QED) is 0.574. The number of amides is 1. The van der Waals surface area contributed by atoms with Crippen LogP contribution in [-0.2, 0) is 16.0 Å². The molecule has 0 spiro atoms. The average Bonchev–Trinajstić information content (AvgIpc) is 2.69. The molecule has 7 nitrogen and oxygen atoms in total. The zero-order chi connectivity index (χ0) is 20.8. The van der Waals surface area contributed by atoms with Gasteiger partial charge in [-0.3, -0.25) is 9.59 Å². The number of anilines is 2. The van der Waals surface area contributed by atoms with Gasteiger partial charge in [-0.1, -0.05) is 23.7 Å². The molecule has 0 aliphatic heterocycles. The summed E-state index contributed by atoms with van der Waals surface area (Å²) < 4.78 is 4.95. The van der Waals surface area contributed by atoms with Crippen LogP contribution in [0.15, 0.2) is 54.9 Å². The molecule has 1 aromatic heterocycles. The first-order valence-corrected chi connectivity index (χ1v) is 9.27. The molecule has 0 unspecified atom stereocenters. The number of carbonyl (C=O) groups is 2. The minimum Gasteiger partial charge on any atom is -0.466 e. The van der Waals surface area contributed by atoms with Gasteiger partial charge in [0, 0.05) is 27.9 Å². The molecular formula is C21H19ClN4O3. The van der Waals surface area contributed by atoms with E-state index in [0.29, 0.717) is 34.4 Å². The van der Waals surface area contributed by atoms with E-state index < -0.39 is 5.91 Å². The first-order valence-electron chi connectivity index (χ1n) is 8.89. The number of hydrogen-bond donors (Lipinski definition) is 2. The molecule has 8 heteroatoms. The number of nitrogens with one attached hydrogen (secondary N) is 1. The van der Waals surface area contributed by atoms with Crippen LogP contribution in [0.4, 0.5) is 11.5 Å². The standard InChI is InChI=1S/C21H19ClN4O3/c1-2-29-20(27)11-16-10-19(25-12-24-16)26-18-8-5-14(21(23)28)9-17(18)13-3-6-15(22)7-4-13/h3-10,12H,2,11H2,1H3,(H2,23,28)(H,24,25,26). The van der Waals surface area contributed by atoms with Crippen molar-refractivity contribution >= 4 is 35.0 Å². The fourth-order valence-corrected chi connectivity index (χ4v) is 2.86. The Labute approximate surface area is 172 Å². The predicted molar refractivity (Wildman–Crippen MR) is 111 cm³/mol. The summed E-state index contributed by atoms with van der Waals surface area (Å²) in [5.74, 6) is -0.378. The molecular weight excluding hydrogens is 392 g/mol. The van der Waals surface area contributed by atoms with E-state index in [1.54, 1.807) is 43.3 Å². The Balaban J connectivity index is 1.93. The molecule has 0 aliphatic rings. The number of hydrogen-bond acceptors (Lipinski definition) is 6. The fraction of sp³-hybridized carbons (Fsp3) is 0.143. The van der Waals surface area contributed by atoms with Crippen LogP contribution in [0.2, 0.25) is 5.02 Å². The van der Waals surface area contributed by atoms with Crippen molar-refractivity contribution in [2.45, 2.75) is 13.3 Å². The van der Waals surface area contributed by atoms with Crippen LogP contribution < -0.4 is 11.1 Å². The highest BCUT2D eigenvalue weighted by atomic mass is 35.5. The second-order valence-electron chi connectivity index (χ2n) is 6.13. The number of nitrogens with zero attached hydrogens (tertiary/aromatic N) is 2. The average molecular weight is 411 g/mol. The van der Waals surface area contributed by atoms with Crippen LogP contribution in [-0.4, -0.2) is 28.5 Å². The maximum atomic E-state index is 11.7. The zero-order valence-electron chi connectivity index (χ0n) is 15.7. The Bertz CT molecular complexity index is 1040. The highest BCUT2D eigenvalue weighted by molar-refractivity contribution is 6.30. The normalized spacial score (nSPS) is 10.4. The van der Waals surface area contributed by atoms with E-state index in [1.807, 2.05) is 12.1 Å². The maximum absolute atomic E-state index is 11.7. The van der Waals surface area contributed by atoms with Crippen LogP contribution in [0.5, 0.6) is 0 Å². The third kappa shape index (κ3) is 5.30. The molecule has 0 aliphatic carbocycles. The van der Waals surface area contributed by atoms with Gasteiger partial charge in [-0.05, 0) is 42.8 Å². The number of primary amides is 1. The van der Waals surface area contributed by atoms with E-state index in [2.05, 4.69) is 15.3 Å². The molecule has 0 atom stereocenters. The maximum Gasteiger partial charge on any atom is 0.311 e. The van der Waals surface area contributed by atoms with Gasteiger partial charge < -0.3 is 15.8 Å². The first kappa shape index (κ1) is 20.3. The number of rotatable bonds is 7. The van der Waals surface area contributed by atoms with E-state index in [4.69, 9.17) is 22.1 Å². The van der Waals surface area contributed by atoms with E-state index in [1.165, 1.54) is 6.33 Å². The third-order valence-electron chi connectivity index (χ3n) is 4.08. The Morgan fingerprint density at radius 2 is 1.86 bits per heavy atom. The van der Waals surface area contributed by atoms with Crippen molar-refractivity contribution in [1.82, 2.24) is 9.97 Å². The van der Waals surface area contributed by atoms with Crippen molar-refractivity contribution in [3.05, 3.63) is 71.1 Å². The van der Waals surface area contributed by atoms with E-state index in [-0.39, 0.29) is 12.4 Å². The van der Waals surface area contributed by atoms with Gasteiger partial charge in [0.05, 0.1) is 18.7 Å². The van der Waals surface area contributed by atoms with Gasteiger partial charge in [-0.2, -0.15) is 0 Å². The van der Waals surface area contributed by atoms with Crippen molar-refractivity contribution < 1.29 is 14.3 Å². The summed E-state index contributed by atoms with van der Waals surface area (Å²) in [5, 5.41) is 3.81. The summed E-state index contributed by atoms with van der Waals surface area (Å²) in [6, 6.07) is 14.0. The van der Waals surface area contributed by atoms with E-state index >= 15 is 0 Å². The monoisotopic (exact) mass is 410 g/mol. The van der Waals surface area contributed by atoms with Gasteiger partial charge in [0.25, 0.3) is 0 Å². The van der Waals surface area contributed by atoms with Crippen molar-refractivity contribution in [3.8, 4) is 11.1 Å². The number of benzene rings is 2. The molecule has 1 amide bonds. The molecule has 3 aromatic rings.